The second-order valence-corrected chi connectivity index (χ2v) is 5.16. The predicted molar refractivity (Wildman–Crippen MR) is 65.1 cm³/mol. The third-order valence-corrected chi connectivity index (χ3v) is 2.97. The fraction of sp³-hybridized carbons (Fsp3) is 0.300. The summed E-state index contributed by atoms with van der Waals surface area (Å²) < 4.78 is 41.2. The smallest absolute Gasteiger partial charge is 0.441 e. The monoisotopic (exact) mass is 344 g/mol. The van der Waals surface area contributed by atoms with Gasteiger partial charge >= 0.3 is 11.5 Å². The minimum Gasteiger partial charge on any atom is -0.492 e. The second kappa shape index (κ2) is 6.33. The molecule has 0 radical (unpaired) electrons. The molecular weight excluding hydrogens is 337 g/mol. The number of carboxylic acids is 1. The molecule has 0 heterocycles. The fourth-order valence-electron chi connectivity index (χ4n) is 1.10. The molecule has 1 rings (SSSR count). The molecule has 1 aromatic rings. The van der Waals surface area contributed by atoms with Gasteiger partial charge in [-0.15, -0.1) is 0 Å². The maximum atomic E-state index is 11.9. The largest absolute Gasteiger partial charge is 0.492 e. The van der Waals surface area contributed by atoms with Gasteiger partial charge in [0.25, 0.3) is 0 Å². The van der Waals surface area contributed by atoms with E-state index in [0.717, 1.165) is 0 Å². The number of ether oxygens (including phenoxy) is 1. The minimum atomic E-state index is -4.31. The average molecular weight is 345 g/mol. The number of halogens is 4. The number of carboxylic acid groups (broad SMARTS) is 1. The molecule has 3 nitrogen and oxygen atoms in total. The van der Waals surface area contributed by atoms with E-state index >= 15 is 0 Å². The van der Waals surface area contributed by atoms with Gasteiger partial charge in [-0.05, 0) is 30.0 Å². The molecule has 0 aliphatic heterocycles. The highest BCUT2D eigenvalue weighted by molar-refractivity contribution is 9.10. The Morgan fingerprint density at radius 3 is 2.67 bits per heavy atom. The normalized spacial score (nSPS) is 11.3. The first-order chi connectivity index (χ1) is 8.29. The highest BCUT2D eigenvalue weighted by atomic mass is 79.9. The van der Waals surface area contributed by atoms with Crippen LogP contribution in [0.15, 0.2) is 22.7 Å². The van der Waals surface area contributed by atoms with Crippen LogP contribution in [0.4, 0.5) is 13.2 Å². The van der Waals surface area contributed by atoms with Crippen molar-refractivity contribution in [3.05, 3.63) is 28.2 Å². The van der Waals surface area contributed by atoms with Crippen molar-refractivity contribution >= 4 is 33.7 Å². The lowest BCUT2D eigenvalue weighted by molar-refractivity contribution is -0.0329. The Morgan fingerprint density at radius 2 is 2.11 bits per heavy atom. The summed E-state index contributed by atoms with van der Waals surface area (Å²) in [7, 11) is 0. The molecular formula is C10H8BrF3O3S. The molecule has 0 bridgehead atoms. The lowest BCUT2D eigenvalue weighted by Crippen LogP contribution is -2.09. The molecule has 0 aliphatic rings. The molecule has 1 N–H and O–H groups in total. The maximum Gasteiger partial charge on any atom is 0.441 e. The summed E-state index contributed by atoms with van der Waals surface area (Å²) in [5.74, 6) is -1.45. The van der Waals surface area contributed by atoms with Gasteiger partial charge < -0.3 is 9.84 Å². The molecule has 18 heavy (non-hydrogen) atoms. The standard InChI is InChI=1S/C10H8BrF3O3S/c11-6-1-2-7(9(15)16)8(5-6)17-3-4-18-10(12,13)14/h1-2,5H,3-4H2,(H,15,16). The zero-order valence-corrected chi connectivity index (χ0v) is 11.2. The third-order valence-electron chi connectivity index (χ3n) is 1.78. The van der Waals surface area contributed by atoms with Crippen molar-refractivity contribution in [2.45, 2.75) is 5.51 Å². The van der Waals surface area contributed by atoms with Gasteiger partial charge in [-0.2, -0.15) is 13.2 Å². The maximum absolute atomic E-state index is 11.9. The molecule has 0 aromatic heterocycles. The van der Waals surface area contributed by atoms with Gasteiger partial charge in [-0.1, -0.05) is 15.9 Å². The van der Waals surface area contributed by atoms with E-state index in [0.29, 0.717) is 4.47 Å². The Morgan fingerprint density at radius 1 is 1.44 bits per heavy atom. The van der Waals surface area contributed by atoms with E-state index < -0.39 is 11.5 Å². The van der Waals surface area contributed by atoms with E-state index in [1.165, 1.54) is 18.2 Å². The number of carbonyl (C=O) groups is 1. The van der Waals surface area contributed by atoms with Crippen LogP contribution in [-0.2, 0) is 0 Å². The number of hydrogen-bond donors (Lipinski definition) is 1. The first kappa shape index (κ1) is 15.2. The van der Waals surface area contributed by atoms with Crippen LogP contribution in [0.5, 0.6) is 5.75 Å². The van der Waals surface area contributed by atoms with Gasteiger partial charge in [-0.3, -0.25) is 0 Å². The molecule has 0 fully saturated rings. The predicted octanol–water partition coefficient (Wildman–Crippen LogP) is 3.78. The number of benzene rings is 1. The van der Waals surface area contributed by atoms with Gasteiger partial charge in [-0.25, -0.2) is 4.79 Å². The van der Waals surface area contributed by atoms with E-state index in [-0.39, 0.29) is 35.4 Å². The minimum absolute atomic E-state index is 0.0413. The summed E-state index contributed by atoms with van der Waals surface area (Å²) in [6.45, 7) is -0.221. The number of alkyl halides is 3. The van der Waals surface area contributed by atoms with E-state index in [1.807, 2.05) is 0 Å². The highest BCUT2D eigenvalue weighted by Gasteiger charge is 2.27. The van der Waals surface area contributed by atoms with Crippen molar-refractivity contribution in [3.63, 3.8) is 0 Å². The van der Waals surface area contributed by atoms with Gasteiger partial charge in [0, 0.05) is 10.2 Å². The summed E-state index contributed by atoms with van der Waals surface area (Å²) >= 11 is 2.92. The molecule has 0 saturated heterocycles. The van der Waals surface area contributed by atoms with Crippen LogP contribution in [0.3, 0.4) is 0 Å². The summed E-state index contributed by atoms with van der Waals surface area (Å²) in [6, 6.07) is 4.24. The molecule has 0 amide bonds. The molecule has 8 heteroatoms. The lowest BCUT2D eigenvalue weighted by Gasteiger charge is -2.10. The van der Waals surface area contributed by atoms with Crippen molar-refractivity contribution in [1.82, 2.24) is 0 Å². The topological polar surface area (TPSA) is 46.5 Å². The van der Waals surface area contributed by atoms with Crippen molar-refractivity contribution in [2.75, 3.05) is 12.4 Å². The molecule has 1 aromatic carbocycles. The number of hydrogen-bond acceptors (Lipinski definition) is 3. The summed E-state index contributed by atoms with van der Waals surface area (Å²) in [5.41, 5.74) is -4.40. The summed E-state index contributed by atoms with van der Waals surface area (Å²) in [6.07, 6.45) is 0. The van der Waals surface area contributed by atoms with Crippen molar-refractivity contribution in [2.24, 2.45) is 0 Å². The van der Waals surface area contributed by atoms with Crippen LogP contribution < -0.4 is 4.74 Å². The van der Waals surface area contributed by atoms with E-state index in [4.69, 9.17) is 9.84 Å². The first-order valence-electron chi connectivity index (χ1n) is 4.66. The van der Waals surface area contributed by atoms with Crippen molar-refractivity contribution in [1.29, 1.82) is 0 Å². The number of aromatic carboxylic acids is 1. The van der Waals surface area contributed by atoms with Crippen LogP contribution in [0.1, 0.15) is 10.4 Å². The Kier molecular flexibility index (Phi) is 5.33. The summed E-state index contributed by atoms with van der Waals surface area (Å²) in [4.78, 5) is 10.8. The first-order valence-corrected chi connectivity index (χ1v) is 6.44. The van der Waals surface area contributed by atoms with Crippen LogP contribution in [-0.4, -0.2) is 28.9 Å². The second-order valence-electron chi connectivity index (χ2n) is 3.09. The molecule has 0 spiro atoms. The van der Waals surface area contributed by atoms with E-state index in [9.17, 15) is 18.0 Å². The zero-order valence-electron chi connectivity index (χ0n) is 8.83. The molecule has 0 atom stereocenters. The van der Waals surface area contributed by atoms with Crippen molar-refractivity contribution in [3.8, 4) is 5.75 Å². The number of rotatable bonds is 5. The number of thioether (sulfide) groups is 1. The van der Waals surface area contributed by atoms with Crippen LogP contribution in [0.2, 0.25) is 0 Å². The lowest BCUT2D eigenvalue weighted by atomic mass is 10.2. The van der Waals surface area contributed by atoms with Crippen LogP contribution >= 0.6 is 27.7 Å². The Labute approximate surface area is 113 Å². The van der Waals surface area contributed by atoms with E-state index in [2.05, 4.69) is 15.9 Å². The fourth-order valence-corrected chi connectivity index (χ4v) is 1.84. The molecule has 0 unspecified atom stereocenters. The Bertz CT molecular complexity index is 437. The van der Waals surface area contributed by atoms with Gasteiger partial charge in [0.2, 0.25) is 0 Å². The average Bonchev–Trinajstić information content (AvgIpc) is 2.22. The molecule has 0 aliphatic carbocycles. The SMILES string of the molecule is O=C(O)c1ccc(Br)cc1OCCSC(F)(F)F. The zero-order chi connectivity index (χ0) is 13.8. The van der Waals surface area contributed by atoms with Crippen LogP contribution in [0, 0.1) is 0 Å². The quantitative estimate of drug-likeness (QED) is 0.825. The van der Waals surface area contributed by atoms with Crippen LogP contribution in [0.25, 0.3) is 0 Å². The van der Waals surface area contributed by atoms with Crippen molar-refractivity contribution < 1.29 is 27.8 Å². The van der Waals surface area contributed by atoms with Gasteiger partial charge in [0.1, 0.15) is 11.3 Å². The van der Waals surface area contributed by atoms with E-state index in [1.54, 1.807) is 0 Å². The molecule has 0 saturated carbocycles. The van der Waals surface area contributed by atoms with Gasteiger partial charge in [0.05, 0.1) is 6.61 Å². The summed E-state index contributed by atoms with van der Waals surface area (Å²) in [5, 5.41) is 8.86. The Hall–Kier alpha value is -0.890. The Balaban J connectivity index is 2.61. The molecule has 100 valence electrons. The van der Waals surface area contributed by atoms with Gasteiger partial charge in [0.15, 0.2) is 0 Å². The third kappa shape index (κ3) is 5.18. The highest BCUT2D eigenvalue weighted by Crippen LogP contribution is 2.30.